The SMILES string of the molecule is O=C(OCCCn1c(=O)[nH]c2ccccc21)[C@H]1CC(=O)N(c2ccc3c(c2)OCCO3)C1. The topological polar surface area (TPSA) is 103 Å². The molecule has 0 aliphatic carbocycles. The van der Waals surface area contributed by atoms with Crippen molar-refractivity contribution < 1.29 is 23.8 Å². The minimum atomic E-state index is -0.522. The zero-order chi connectivity index (χ0) is 22.1. The number of para-hydroxylation sites is 2. The Hall–Kier alpha value is -3.75. The van der Waals surface area contributed by atoms with Crippen LogP contribution in [0.4, 0.5) is 5.69 Å². The number of hydrogen-bond acceptors (Lipinski definition) is 6. The van der Waals surface area contributed by atoms with Crippen molar-refractivity contribution in [3.8, 4) is 11.5 Å². The Morgan fingerprint density at radius 3 is 2.78 bits per heavy atom. The average Bonchev–Trinajstić information content (AvgIpc) is 3.35. The first-order chi connectivity index (χ1) is 15.6. The van der Waals surface area contributed by atoms with Gasteiger partial charge in [0.05, 0.1) is 23.6 Å². The molecule has 1 saturated heterocycles. The fourth-order valence-electron chi connectivity index (χ4n) is 4.16. The fourth-order valence-corrected chi connectivity index (χ4v) is 4.16. The molecule has 2 aliphatic rings. The van der Waals surface area contributed by atoms with Crippen molar-refractivity contribution in [3.63, 3.8) is 0 Å². The lowest BCUT2D eigenvalue weighted by Crippen LogP contribution is -2.27. The molecular formula is C23H23N3O6. The number of benzene rings is 2. The lowest BCUT2D eigenvalue weighted by molar-refractivity contribution is -0.148. The minimum Gasteiger partial charge on any atom is -0.486 e. The van der Waals surface area contributed by atoms with Crippen LogP contribution in [-0.4, -0.2) is 47.8 Å². The van der Waals surface area contributed by atoms with E-state index in [1.165, 1.54) is 0 Å². The second-order valence-corrected chi connectivity index (χ2v) is 7.85. The van der Waals surface area contributed by atoms with Crippen LogP contribution in [0.2, 0.25) is 0 Å². The monoisotopic (exact) mass is 437 g/mol. The summed E-state index contributed by atoms with van der Waals surface area (Å²) in [6.07, 6.45) is 0.606. The van der Waals surface area contributed by atoms with Gasteiger partial charge in [-0.2, -0.15) is 0 Å². The number of anilines is 1. The maximum atomic E-state index is 12.5. The van der Waals surface area contributed by atoms with Gasteiger partial charge in [0.1, 0.15) is 13.2 Å². The van der Waals surface area contributed by atoms with Gasteiger partial charge in [-0.25, -0.2) is 4.79 Å². The maximum Gasteiger partial charge on any atom is 0.326 e. The molecule has 32 heavy (non-hydrogen) atoms. The van der Waals surface area contributed by atoms with Crippen LogP contribution in [0.15, 0.2) is 47.3 Å². The van der Waals surface area contributed by atoms with Crippen LogP contribution in [0.1, 0.15) is 12.8 Å². The van der Waals surface area contributed by atoms with Crippen molar-refractivity contribution in [3.05, 3.63) is 52.9 Å². The highest BCUT2D eigenvalue weighted by Crippen LogP contribution is 2.36. The number of aromatic amines is 1. The number of nitrogens with one attached hydrogen (secondary N) is 1. The zero-order valence-electron chi connectivity index (χ0n) is 17.4. The van der Waals surface area contributed by atoms with Crippen LogP contribution in [0.25, 0.3) is 11.0 Å². The Labute approximate surface area is 183 Å². The number of aryl methyl sites for hydroxylation is 1. The summed E-state index contributed by atoms with van der Waals surface area (Å²) < 4.78 is 18.1. The summed E-state index contributed by atoms with van der Waals surface area (Å²) in [6.45, 7) is 1.84. The normalized spacial score (nSPS) is 17.7. The molecule has 166 valence electrons. The predicted molar refractivity (Wildman–Crippen MR) is 116 cm³/mol. The molecular weight excluding hydrogens is 414 g/mol. The average molecular weight is 437 g/mol. The lowest BCUT2D eigenvalue weighted by atomic mass is 10.1. The molecule has 2 aromatic carbocycles. The molecule has 1 fully saturated rings. The number of carbonyl (C=O) groups excluding carboxylic acids is 2. The van der Waals surface area contributed by atoms with Gasteiger partial charge in [0, 0.05) is 31.3 Å². The molecule has 1 atom stereocenters. The molecule has 9 heteroatoms. The number of nitrogens with zero attached hydrogens (tertiary/aromatic N) is 2. The largest absolute Gasteiger partial charge is 0.486 e. The molecule has 0 radical (unpaired) electrons. The molecule has 1 aromatic heterocycles. The number of esters is 1. The molecule has 2 aliphatic heterocycles. The third kappa shape index (κ3) is 3.81. The van der Waals surface area contributed by atoms with Crippen LogP contribution in [0.3, 0.4) is 0 Å². The standard InChI is InChI=1S/C23H23N3O6/c27-21-12-15(14-26(21)16-6-7-19-20(13-16)31-11-10-30-19)22(28)32-9-3-8-25-18-5-2-1-4-17(18)24-23(25)29/h1-2,4-7,13,15H,3,8-12,14H2,(H,24,29)/t15-/m0/s1. The molecule has 0 bridgehead atoms. The van der Waals surface area contributed by atoms with Crippen molar-refractivity contribution in [2.24, 2.45) is 5.92 Å². The van der Waals surface area contributed by atoms with Crippen LogP contribution in [0, 0.1) is 5.92 Å². The smallest absolute Gasteiger partial charge is 0.326 e. The van der Waals surface area contributed by atoms with E-state index in [1.807, 2.05) is 24.3 Å². The van der Waals surface area contributed by atoms with Gasteiger partial charge in [0.25, 0.3) is 0 Å². The number of hydrogen-bond donors (Lipinski definition) is 1. The van der Waals surface area contributed by atoms with E-state index in [1.54, 1.807) is 27.7 Å². The van der Waals surface area contributed by atoms with E-state index in [2.05, 4.69) is 4.98 Å². The highest BCUT2D eigenvalue weighted by molar-refractivity contribution is 5.99. The molecule has 3 heterocycles. The number of fused-ring (bicyclic) bond motifs is 2. The summed E-state index contributed by atoms with van der Waals surface area (Å²) in [5.74, 6) is 0.196. The van der Waals surface area contributed by atoms with Crippen molar-refractivity contribution >= 4 is 28.6 Å². The number of aromatic nitrogens is 2. The van der Waals surface area contributed by atoms with Gasteiger partial charge in [-0.3, -0.25) is 14.2 Å². The van der Waals surface area contributed by atoms with Gasteiger partial charge < -0.3 is 24.1 Å². The third-order valence-corrected chi connectivity index (χ3v) is 5.75. The number of H-pyrrole nitrogens is 1. The van der Waals surface area contributed by atoms with E-state index in [-0.39, 0.29) is 31.2 Å². The van der Waals surface area contributed by atoms with Crippen molar-refractivity contribution in [1.82, 2.24) is 9.55 Å². The van der Waals surface area contributed by atoms with Crippen molar-refractivity contribution in [2.75, 3.05) is 31.3 Å². The number of rotatable bonds is 6. The molecule has 1 amide bonds. The second-order valence-electron chi connectivity index (χ2n) is 7.85. The highest BCUT2D eigenvalue weighted by Gasteiger charge is 2.36. The van der Waals surface area contributed by atoms with Crippen molar-refractivity contribution in [2.45, 2.75) is 19.4 Å². The van der Waals surface area contributed by atoms with E-state index in [9.17, 15) is 14.4 Å². The molecule has 1 N–H and O–H groups in total. The van der Waals surface area contributed by atoms with Crippen LogP contribution in [-0.2, 0) is 20.9 Å². The van der Waals surface area contributed by atoms with Gasteiger partial charge in [-0.05, 0) is 30.7 Å². The van der Waals surface area contributed by atoms with Gasteiger partial charge in [-0.1, -0.05) is 12.1 Å². The minimum absolute atomic E-state index is 0.106. The van der Waals surface area contributed by atoms with E-state index in [0.29, 0.717) is 43.4 Å². The molecule has 5 rings (SSSR count). The summed E-state index contributed by atoms with van der Waals surface area (Å²) in [5.41, 5.74) is 2.08. The molecule has 9 nitrogen and oxygen atoms in total. The second kappa shape index (κ2) is 8.41. The summed E-state index contributed by atoms with van der Waals surface area (Å²) in [5, 5.41) is 0. The molecule has 3 aromatic rings. The first kappa shape index (κ1) is 20.2. The number of imidazole rings is 1. The number of carbonyl (C=O) groups is 2. The zero-order valence-corrected chi connectivity index (χ0v) is 17.4. The summed E-state index contributed by atoms with van der Waals surface area (Å²) in [4.78, 5) is 41.5. The Kier molecular flexibility index (Phi) is 5.30. The maximum absolute atomic E-state index is 12.5. The van der Waals surface area contributed by atoms with Gasteiger partial charge in [0.15, 0.2) is 11.5 Å². The van der Waals surface area contributed by atoms with Crippen molar-refractivity contribution in [1.29, 1.82) is 0 Å². The van der Waals surface area contributed by atoms with Gasteiger partial charge in [-0.15, -0.1) is 0 Å². The Morgan fingerprint density at radius 1 is 1.09 bits per heavy atom. The Balaban J connectivity index is 1.16. The highest BCUT2D eigenvalue weighted by atomic mass is 16.6. The van der Waals surface area contributed by atoms with E-state index in [0.717, 1.165) is 11.0 Å². The van der Waals surface area contributed by atoms with Crippen LogP contribution < -0.4 is 20.1 Å². The Bertz CT molecular complexity index is 1230. The lowest BCUT2D eigenvalue weighted by Gasteiger charge is -2.22. The predicted octanol–water partition coefficient (Wildman–Crippen LogP) is 2.09. The number of amides is 1. The van der Waals surface area contributed by atoms with Gasteiger partial charge in [0.2, 0.25) is 5.91 Å². The van der Waals surface area contributed by atoms with Gasteiger partial charge >= 0.3 is 11.7 Å². The first-order valence-electron chi connectivity index (χ1n) is 10.6. The molecule has 0 saturated carbocycles. The fraction of sp³-hybridized carbons (Fsp3) is 0.348. The number of ether oxygens (including phenoxy) is 3. The van der Waals surface area contributed by atoms with Crippen LogP contribution in [0.5, 0.6) is 11.5 Å². The first-order valence-corrected chi connectivity index (χ1v) is 10.6. The molecule has 0 unspecified atom stereocenters. The van der Waals surface area contributed by atoms with E-state index in [4.69, 9.17) is 14.2 Å². The van der Waals surface area contributed by atoms with E-state index >= 15 is 0 Å². The summed E-state index contributed by atoms with van der Waals surface area (Å²) in [6, 6.07) is 12.8. The van der Waals surface area contributed by atoms with Crippen LogP contribution >= 0.6 is 0 Å². The molecule has 0 spiro atoms. The Morgan fingerprint density at radius 2 is 1.91 bits per heavy atom. The third-order valence-electron chi connectivity index (χ3n) is 5.75. The summed E-state index contributed by atoms with van der Waals surface area (Å²) >= 11 is 0. The summed E-state index contributed by atoms with van der Waals surface area (Å²) in [7, 11) is 0. The van der Waals surface area contributed by atoms with E-state index < -0.39 is 11.9 Å². The quantitative estimate of drug-likeness (QED) is 0.468.